The van der Waals surface area contributed by atoms with Crippen molar-refractivity contribution in [2.75, 3.05) is 0 Å². The van der Waals surface area contributed by atoms with Crippen molar-refractivity contribution in [3.8, 4) is 16.9 Å². The van der Waals surface area contributed by atoms with Gasteiger partial charge in [0, 0.05) is 45.7 Å². The fourth-order valence-corrected chi connectivity index (χ4v) is 4.73. The average molecular weight is 476 g/mol. The Kier molecular flexibility index (Phi) is 5.00. The number of carbonyl (C=O) groups excluding carboxylic acids is 3. The Balaban J connectivity index is 1.57. The van der Waals surface area contributed by atoms with Gasteiger partial charge in [-0.1, -0.05) is 42.5 Å². The number of para-hydroxylation sites is 2. The smallest absolute Gasteiger partial charge is 0.328 e. The lowest BCUT2D eigenvalue weighted by atomic mass is 10.0. The van der Waals surface area contributed by atoms with Crippen LogP contribution in [-0.2, 0) is 16.1 Å². The summed E-state index contributed by atoms with van der Waals surface area (Å²) in [5.74, 6) is -1.49. The molecule has 0 unspecified atom stereocenters. The number of benzene rings is 3. The summed E-state index contributed by atoms with van der Waals surface area (Å²) in [5.41, 5.74) is 4.98. The molecule has 0 spiro atoms. The van der Waals surface area contributed by atoms with Gasteiger partial charge in [-0.2, -0.15) is 5.10 Å². The van der Waals surface area contributed by atoms with E-state index in [1.807, 2.05) is 48.5 Å². The highest BCUT2D eigenvalue weighted by Gasteiger charge is 2.28. The summed E-state index contributed by atoms with van der Waals surface area (Å²) in [6, 6.07) is 23.2. The Morgan fingerprint density at radius 2 is 1.53 bits per heavy atom. The quantitative estimate of drug-likeness (QED) is 0.297. The highest BCUT2D eigenvalue weighted by Crippen LogP contribution is 2.34. The standard InChI is InChI=1S/C28H21N5O3/c1-2-32-23-11-7-6-10-20(23)21-14-17(12-13-24(21)32)25-18(15-22-26(34)29-28(36)30-27(22)35)16-33(31-25)19-8-4-3-5-9-19/h3-16H,2H2,1H3,(H2,29,30,34,35,36). The lowest BCUT2D eigenvalue weighted by molar-refractivity contribution is -0.123. The van der Waals surface area contributed by atoms with Crippen LogP contribution in [0.5, 0.6) is 0 Å². The minimum absolute atomic E-state index is 0.160. The van der Waals surface area contributed by atoms with Crippen LogP contribution in [0.2, 0.25) is 0 Å². The van der Waals surface area contributed by atoms with Crippen molar-refractivity contribution in [1.82, 2.24) is 25.0 Å². The lowest BCUT2D eigenvalue weighted by Gasteiger charge is -2.13. The van der Waals surface area contributed by atoms with Crippen molar-refractivity contribution < 1.29 is 14.4 Å². The minimum atomic E-state index is -0.833. The molecule has 1 saturated heterocycles. The van der Waals surface area contributed by atoms with Crippen LogP contribution in [0.1, 0.15) is 12.5 Å². The number of barbiturate groups is 1. The number of aromatic nitrogens is 3. The molecule has 0 aliphatic carbocycles. The molecule has 1 fully saturated rings. The van der Waals surface area contributed by atoms with Gasteiger partial charge in [0.05, 0.1) is 11.4 Å². The second-order valence-corrected chi connectivity index (χ2v) is 8.50. The molecule has 5 aromatic rings. The van der Waals surface area contributed by atoms with Crippen molar-refractivity contribution in [2.45, 2.75) is 13.5 Å². The number of hydrogen-bond donors (Lipinski definition) is 2. The molecule has 1 aliphatic rings. The third kappa shape index (κ3) is 3.47. The number of fused-ring (bicyclic) bond motifs is 3. The van der Waals surface area contributed by atoms with Gasteiger partial charge in [-0.25, -0.2) is 9.48 Å². The maximum Gasteiger partial charge on any atom is 0.328 e. The molecule has 4 amide bonds. The van der Waals surface area contributed by atoms with E-state index < -0.39 is 17.8 Å². The highest BCUT2D eigenvalue weighted by atomic mass is 16.2. The molecule has 3 heterocycles. The predicted molar refractivity (Wildman–Crippen MR) is 137 cm³/mol. The van der Waals surface area contributed by atoms with E-state index in [0.29, 0.717) is 11.3 Å². The second kappa shape index (κ2) is 8.35. The molecule has 36 heavy (non-hydrogen) atoms. The van der Waals surface area contributed by atoms with Gasteiger partial charge in [-0.3, -0.25) is 20.2 Å². The Hall–Kier alpha value is -4.98. The van der Waals surface area contributed by atoms with Gasteiger partial charge in [0.1, 0.15) is 5.57 Å². The summed E-state index contributed by atoms with van der Waals surface area (Å²) < 4.78 is 3.98. The first-order valence-electron chi connectivity index (χ1n) is 11.6. The van der Waals surface area contributed by atoms with Crippen molar-refractivity contribution in [2.24, 2.45) is 0 Å². The number of carbonyl (C=O) groups is 3. The fourth-order valence-electron chi connectivity index (χ4n) is 4.73. The van der Waals surface area contributed by atoms with Crippen LogP contribution >= 0.6 is 0 Å². The summed E-state index contributed by atoms with van der Waals surface area (Å²) >= 11 is 0. The monoisotopic (exact) mass is 475 g/mol. The molecule has 6 rings (SSSR count). The summed E-state index contributed by atoms with van der Waals surface area (Å²) in [4.78, 5) is 36.3. The van der Waals surface area contributed by atoms with Crippen LogP contribution in [0.3, 0.4) is 0 Å². The molecule has 2 aromatic heterocycles. The predicted octanol–water partition coefficient (Wildman–Crippen LogP) is 4.42. The normalized spacial score (nSPS) is 13.8. The highest BCUT2D eigenvalue weighted by molar-refractivity contribution is 6.31. The molecule has 176 valence electrons. The van der Waals surface area contributed by atoms with Crippen molar-refractivity contribution in [3.63, 3.8) is 0 Å². The van der Waals surface area contributed by atoms with Crippen LogP contribution in [0, 0.1) is 0 Å². The third-order valence-electron chi connectivity index (χ3n) is 6.37. The van der Waals surface area contributed by atoms with E-state index in [0.717, 1.165) is 39.6 Å². The molecule has 2 N–H and O–H groups in total. The zero-order valence-corrected chi connectivity index (χ0v) is 19.4. The van der Waals surface area contributed by atoms with Crippen molar-refractivity contribution >= 4 is 45.7 Å². The molecule has 0 bridgehead atoms. The first kappa shape index (κ1) is 21.5. The minimum Gasteiger partial charge on any atom is -0.341 e. The van der Waals surface area contributed by atoms with Crippen LogP contribution in [0.25, 0.3) is 44.8 Å². The zero-order chi connectivity index (χ0) is 24.8. The van der Waals surface area contributed by atoms with Gasteiger partial charge < -0.3 is 4.57 Å². The van der Waals surface area contributed by atoms with Crippen LogP contribution in [0.4, 0.5) is 4.79 Å². The summed E-state index contributed by atoms with van der Waals surface area (Å²) in [6.07, 6.45) is 3.24. The molecule has 0 saturated carbocycles. The van der Waals surface area contributed by atoms with E-state index in [2.05, 4.69) is 46.4 Å². The maximum absolute atomic E-state index is 12.4. The van der Waals surface area contributed by atoms with E-state index in [1.165, 1.54) is 6.08 Å². The van der Waals surface area contributed by atoms with Gasteiger partial charge in [-0.05, 0) is 43.3 Å². The second-order valence-electron chi connectivity index (χ2n) is 8.50. The van der Waals surface area contributed by atoms with E-state index in [-0.39, 0.29) is 5.57 Å². The molecule has 0 atom stereocenters. The molecule has 8 nitrogen and oxygen atoms in total. The largest absolute Gasteiger partial charge is 0.341 e. The van der Waals surface area contributed by atoms with Crippen LogP contribution < -0.4 is 10.6 Å². The zero-order valence-electron chi connectivity index (χ0n) is 19.4. The van der Waals surface area contributed by atoms with E-state index in [1.54, 1.807) is 10.9 Å². The average Bonchev–Trinajstić information content (AvgIpc) is 3.45. The lowest BCUT2D eigenvalue weighted by Crippen LogP contribution is -2.51. The number of nitrogens with zero attached hydrogens (tertiary/aromatic N) is 3. The Bertz CT molecular complexity index is 1700. The Morgan fingerprint density at radius 1 is 0.833 bits per heavy atom. The maximum atomic E-state index is 12.4. The SMILES string of the molecule is CCn1c2ccccc2c2cc(-c3nn(-c4ccccc4)cc3C=C3C(=O)NC(=O)NC3=O)ccc21. The number of urea groups is 1. The van der Waals surface area contributed by atoms with Gasteiger partial charge in [-0.15, -0.1) is 0 Å². The van der Waals surface area contributed by atoms with E-state index >= 15 is 0 Å². The molecule has 8 heteroatoms. The fraction of sp³-hybridized carbons (Fsp3) is 0.0714. The Labute approximate surface area is 205 Å². The molecular weight excluding hydrogens is 454 g/mol. The van der Waals surface area contributed by atoms with Gasteiger partial charge in [0.15, 0.2) is 0 Å². The van der Waals surface area contributed by atoms with E-state index in [9.17, 15) is 14.4 Å². The van der Waals surface area contributed by atoms with Gasteiger partial charge in [0.25, 0.3) is 11.8 Å². The number of aryl methyl sites for hydroxylation is 1. The topological polar surface area (TPSA) is 98.0 Å². The molecular formula is C28H21N5O3. The van der Waals surface area contributed by atoms with E-state index in [4.69, 9.17) is 5.10 Å². The van der Waals surface area contributed by atoms with Crippen molar-refractivity contribution in [1.29, 1.82) is 0 Å². The summed E-state index contributed by atoms with van der Waals surface area (Å²) in [7, 11) is 0. The number of imide groups is 2. The molecule has 3 aromatic carbocycles. The first-order chi connectivity index (χ1) is 17.5. The summed E-state index contributed by atoms with van der Waals surface area (Å²) in [5, 5.41) is 11.3. The Morgan fingerprint density at radius 3 is 2.28 bits per heavy atom. The third-order valence-corrected chi connectivity index (χ3v) is 6.37. The van der Waals surface area contributed by atoms with Crippen LogP contribution in [-0.4, -0.2) is 32.2 Å². The van der Waals surface area contributed by atoms with Crippen molar-refractivity contribution in [3.05, 3.63) is 90.1 Å². The van der Waals surface area contributed by atoms with Crippen LogP contribution in [0.15, 0.2) is 84.6 Å². The number of rotatable bonds is 4. The first-order valence-corrected chi connectivity index (χ1v) is 11.6. The van der Waals surface area contributed by atoms with Gasteiger partial charge >= 0.3 is 6.03 Å². The number of nitrogens with one attached hydrogen (secondary N) is 2. The summed E-state index contributed by atoms with van der Waals surface area (Å²) in [6.45, 7) is 2.96. The number of hydrogen-bond acceptors (Lipinski definition) is 4. The number of amides is 4. The molecule has 0 radical (unpaired) electrons. The molecule has 1 aliphatic heterocycles. The van der Waals surface area contributed by atoms with Gasteiger partial charge in [0.2, 0.25) is 0 Å².